The summed E-state index contributed by atoms with van der Waals surface area (Å²) in [5.74, 6) is 0. The lowest BCUT2D eigenvalue weighted by atomic mass is 10.1. The Morgan fingerprint density at radius 2 is 1.95 bits per heavy atom. The van der Waals surface area contributed by atoms with Crippen molar-refractivity contribution in [3.05, 3.63) is 63.6 Å². The summed E-state index contributed by atoms with van der Waals surface area (Å²) < 4.78 is 6.81. The highest BCUT2D eigenvalue weighted by Crippen LogP contribution is 2.27. The summed E-state index contributed by atoms with van der Waals surface area (Å²) in [7, 11) is 0. The average Bonchev–Trinajstić information content (AvgIpc) is 2.48. The Kier molecular flexibility index (Phi) is 3.97. The van der Waals surface area contributed by atoms with Crippen LogP contribution in [-0.2, 0) is 11.3 Å². The molecule has 0 saturated heterocycles. The van der Waals surface area contributed by atoms with Gasteiger partial charge in [0.1, 0.15) is 6.61 Å². The molecule has 1 N–H and O–H groups in total. The molecule has 0 aliphatic carbocycles. The summed E-state index contributed by atoms with van der Waals surface area (Å²) in [6.45, 7) is 4.75. The molecule has 0 saturated carbocycles. The van der Waals surface area contributed by atoms with Crippen LogP contribution in [0, 0.1) is 6.92 Å². The number of nitrogens with one attached hydrogen (secondary N) is 1. The van der Waals surface area contributed by atoms with E-state index in [0.717, 1.165) is 10.2 Å². The number of benzene rings is 2. The topological polar surface area (TPSA) is 33.6 Å². The third kappa shape index (κ3) is 3.10. The number of hydrogen-bond acceptors (Lipinski definition) is 3. The van der Waals surface area contributed by atoms with Crippen molar-refractivity contribution < 1.29 is 4.74 Å². The van der Waals surface area contributed by atoms with Crippen LogP contribution in [0.25, 0.3) is 0 Å². The minimum Gasteiger partial charge on any atom is -0.460 e. The van der Waals surface area contributed by atoms with Gasteiger partial charge in [0.15, 0.2) is 0 Å². The fourth-order valence-corrected chi connectivity index (χ4v) is 2.62. The van der Waals surface area contributed by atoms with E-state index in [-0.39, 0.29) is 6.04 Å². The maximum atomic E-state index is 5.73. The van der Waals surface area contributed by atoms with Gasteiger partial charge in [-0.25, -0.2) is 0 Å². The molecule has 2 aromatic rings. The first-order chi connectivity index (χ1) is 10.1. The Morgan fingerprint density at radius 3 is 2.71 bits per heavy atom. The van der Waals surface area contributed by atoms with Crippen molar-refractivity contribution in [1.29, 1.82) is 0 Å². The minimum atomic E-state index is 0.142. The first kappa shape index (κ1) is 14.1. The van der Waals surface area contributed by atoms with Gasteiger partial charge in [0.2, 0.25) is 0 Å². The molecule has 0 unspecified atom stereocenters. The van der Waals surface area contributed by atoms with Crippen molar-refractivity contribution in [2.24, 2.45) is 4.99 Å². The highest BCUT2D eigenvalue weighted by Gasteiger charge is 2.16. The quantitative estimate of drug-likeness (QED) is 0.861. The van der Waals surface area contributed by atoms with Crippen molar-refractivity contribution >= 4 is 27.6 Å². The average molecular weight is 345 g/mol. The second-order valence-electron chi connectivity index (χ2n) is 5.20. The van der Waals surface area contributed by atoms with Gasteiger partial charge in [0.25, 0.3) is 6.02 Å². The molecule has 0 spiro atoms. The molecule has 0 amide bonds. The standard InChI is InChI=1S/C17H17BrN2O/c1-11-4-3-5-16-15(11)10-21-17(20-16)19-12(2)13-6-8-14(18)9-7-13/h3-9,12H,10H2,1-2H3,(H,19,20)/t12-/m1/s1. The molecule has 0 fully saturated rings. The van der Waals surface area contributed by atoms with E-state index in [1.54, 1.807) is 0 Å². The Labute approximate surface area is 133 Å². The Bertz CT molecular complexity index is 680. The van der Waals surface area contributed by atoms with Gasteiger partial charge in [0.05, 0.1) is 11.7 Å². The summed E-state index contributed by atoms with van der Waals surface area (Å²) >= 11 is 3.45. The van der Waals surface area contributed by atoms with Crippen molar-refractivity contribution in [2.75, 3.05) is 0 Å². The lowest BCUT2D eigenvalue weighted by molar-refractivity contribution is 0.266. The molecular formula is C17H17BrN2O. The smallest absolute Gasteiger partial charge is 0.290 e. The second kappa shape index (κ2) is 5.90. The molecular weight excluding hydrogens is 328 g/mol. The molecule has 3 nitrogen and oxygen atoms in total. The van der Waals surface area contributed by atoms with Crippen LogP contribution in [0.15, 0.2) is 51.9 Å². The number of halogens is 1. The van der Waals surface area contributed by atoms with Gasteiger partial charge in [-0.05, 0) is 43.2 Å². The van der Waals surface area contributed by atoms with E-state index in [1.807, 2.05) is 24.3 Å². The number of nitrogens with zero attached hydrogens (tertiary/aromatic N) is 1. The first-order valence-electron chi connectivity index (χ1n) is 6.95. The van der Waals surface area contributed by atoms with E-state index in [4.69, 9.17) is 4.74 Å². The zero-order chi connectivity index (χ0) is 14.8. The van der Waals surface area contributed by atoms with E-state index in [1.165, 1.54) is 16.7 Å². The summed E-state index contributed by atoms with van der Waals surface area (Å²) in [5, 5.41) is 3.33. The molecule has 0 aromatic heterocycles. The zero-order valence-corrected chi connectivity index (χ0v) is 13.6. The number of rotatable bonds is 2. The van der Waals surface area contributed by atoms with Crippen LogP contribution in [0.5, 0.6) is 0 Å². The van der Waals surface area contributed by atoms with Crippen LogP contribution in [0.4, 0.5) is 5.69 Å². The van der Waals surface area contributed by atoms with Crippen LogP contribution in [0.1, 0.15) is 29.7 Å². The molecule has 0 bridgehead atoms. The number of aryl methyl sites for hydroxylation is 1. The van der Waals surface area contributed by atoms with Gasteiger partial charge in [0, 0.05) is 10.0 Å². The second-order valence-corrected chi connectivity index (χ2v) is 6.11. The molecule has 1 atom stereocenters. The van der Waals surface area contributed by atoms with E-state index in [2.05, 4.69) is 58.3 Å². The summed E-state index contributed by atoms with van der Waals surface area (Å²) in [4.78, 5) is 4.56. The number of amidine groups is 1. The van der Waals surface area contributed by atoms with Crippen LogP contribution >= 0.6 is 15.9 Å². The van der Waals surface area contributed by atoms with Crippen molar-refractivity contribution in [3.63, 3.8) is 0 Å². The maximum absolute atomic E-state index is 5.73. The van der Waals surface area contributed by atoms with Gasteiger partial charge in [-0.15, -0.1) is 0 Å². The normalized spacial score (nSPS) is 14.7. The molecule has 1 heterocycles. The maximum Gasteiger partial charge on any atom is 0.290 e. The van der Waals surface area contributed by atoms with Gasteiger partial charge >= 0.3 is 0 Å². The lowest BCUT2D eigenvalue weighted by Crippen LogP contribution is -2.30. The van der Waals surface area contributed by atoms with Gasteiger partial charge in [-0.2, -0.15) is 4.99 Å². The summed E-state index contributed by atoms with van der Waals surface area (Å²) in [6.07, 6.45) is 0. The molecule has 3 rings (SSSR count). The van der Waals surface area contributed by atoms with Crippen LogP contribution in [0.3, 0.4) is 0 Å². The van der Waals surface area contributed by atoms with Gasteiger partial charge in [-0.1, -0.05) is 40.2 Å². The minimum absolute atomic E-state index is 0.142. The summed E-state index contributed by atoms with van der Waals surface area (Å²) in [6, 6.07) is 15.1. The van der Waals surface area contributed by atoms with Crippen molar-refractivity contribution in [3.8, 4) is 0 Å². The lowest BCUT2D eigenvalue weighted by Gasteiger charge is -2.22. The first-order valence-corrected chi connectivity index (χ1v) is 7.75. The third-order valence-corrected chi connectivity index (χ3v) is 4.20. The van der Waals surface area contributed by atoms with Crippen LogP contribution < -0.4 is 5.32 Å². The van der Waals surface area contributed by atoms with E-state index in [9.17, 15) is 0 Å². The SMILES string of the molecule is Cc1cccc2c1COC(N[C@H](C)c1ccc(Br)cc1)=N2. The predicted molar refractivity (Wildman–Crippen MR) is 88.8 cm³/mol. The van der Waals surface area contributed by atoms with Crippen LogP contribution in [-0.4, -0.2) is 6.02 Å². The van der Waals surface area contributed by atoms with Gasteiger partial charge < -0.3 is 10.1 Å². The van der Waals surface area contributed by atoms with E-state index >= 15 is 0 Å². The Hall–Kier alpha value is -1.81. The molecule has 0 radical (unpaired) electrons. The molecule has 2 aromatic carbocycles. The number of fused-ring (bicyclic) bond motifs is 1. The fraction of sp³-hybridized carbons (Fsp3) is 0.235. The van der Waals surface area contributed by atoms with E-state index in [0.29, 0.717) is 12.6 Å². The number of hydrogen-bond donors (Lipinski definition) is 1. The molecule has 108 valence electrons. The molecule has 1 aliphatic rings. The van der Waals surface area contributed by atoms with Crippen molar-refractivity contribution in [2.45, 2.75) is 26.5 Å². The summed E-state index contributed by atoms with van der Waals surface area (Å²) in [5.41, 5.74) is 4.57. The highest BCUT2D eigenvalue weighted by molar-refractivity contribution is 9.10. The number of ether oxygens (including phenoxy) is 1. The monoisotopic (exact) mass is 344 g/mol. The molecule has 1 aliphatic heterocycles. The van der Waals surface area contributed by atoms with Crippen LogP contribution in [0.2, 0.25) is 0 Å². The molecule has 4 heteroatoms. The fourth-order valence-electron chi connectivity index (χ4n) is 2.36. The Balaban J connectivity index is 1.78. The van der Waals surface area contributed by atoms with E-state index < -0.39 is 0 Å². The Morgan fingerprint density at radius 1 is 1.19 bits per heavy atom. The van der Waals surface area contributed by atoms with Crippen molar-refractivity contribution in [1.82, 2.24) is 5.32 Å². The third-order valence-electron chi connectivity index (χ3n) is 3.67. The largest absolute Gasteiger partial charge is 0.460 e. The number of aliphatic imine (C=N–C) groups is 1. The predicted octanol–water partition coefficient (Wildman–Crippen LogP) is 4.63. The highest BCUT2D eigenvalue weighted by atomic mass is 79.9. The molecule has 21 heavy (non-hydrogen) atoms. The van der Waals surface area contributed by atoms with Gasteiger partial charge in [-0.3, -0.25) is 0 Å². The zero-order valence-electron chi connectivity index (χ0n) is 12.1.